The predicted octanol–water partition coefficient (Wildman–Crippen LogP) is 5.14. The van der Waals surface area contributed by atoms with Gasteiger partial charge in [-0.05, 0) is 48.4 Å². The molecule has 0 aliphatic carbocycles. The average Bonchev–Trinajstić information content (AvgIpc) is 2.65. The van der Waals surface area contributed by atoms with Gasteiger partial charge >= 0.3 is 0 Å². The molecule has 132 valence electrons. The maximum Gasteiger partial charge on any atom is 0.245 e. The summed E-state index contributed by atoms with van der Waals surface area (Å²) in [5, 5.41) is 9.48. The highest BCUT2D eigenvalue weighted by Crippen LogP contribution is 2.48. The van der Waals surface area contributed by atoms with E-state index in [2.05, 4.69) is 0 Å². The summed E-state index contributed by atoms with van der Waals surface area (Å²) < 4.78 is 5.53. The van der Waals surface area contributed by atoms with Crippen molar-refractivity contribution in [3.05, 3.63) is 59.1 Å². The van der Waals surface area contributed by atoms with Crippen LogP contribution in [0, 0.1) is 0 Å². The van der Waals surface area contributed by atoms with Gasteiger partial charge in [0, 0.05) is 11.2 Å². The van der Waals surface area contributed by atoms with Crippen molar-refractivity contribution in [2.45, 2.75) is 30.4 Å². The van der Waals surface area contributed by atoms with Crippen LogP contribution < -0.4 is 10.2 Å². The number of halogens is 1. The van der Waals surface area contributed by atoms with E-state index >= 15 is 0 Å². The van der Waals surface area contributed by atoms with E-state index in [9.17, 15) is 4.79 Å². The van der Waals surface area contributed by atoms with Gasteiger partial charge in [-0.3, -0.25) is 10.0 Å². The Balaban J connectivity index is 1.81. The first kappa shape index (κ1) is 18.1. The van der Waals surface area contributed by atoms with Gasteiger partial charge in [-0.25, -0.2) is 5.48 Å². The van der Waals surface area contributed by atoms with E-state index in [1.165, 1.54) is 0 Å². The van der Waals surface area contributed by atoms with Crippen LogP contribution in [0.5, 0.6) is 11.5 Å². The van der Waals surface area contributed by atoms with Crippen LogP contribution in [0.15, 0.2) is 48.5 Å². The summed E-state index contributed by atoms with van der Waals surface area (Å²) in [6, 6.07) is 15.1. The number of ether oxygens (including phenoxy) is 1. The zero-order chi connectivity index (χ0) is 17.7. The van der Waals surface area contributed by atoms with E-state index in [1.54, 1.807) is 23.3 Å². The average molecular weight is 378 g/mol. The minimum atomic E-state index is -0.356. The SMILES string of the molecule is O=C(CC1(c2ccc(Oc3ccccc3Cl)cc2)CCCCS1)NO. The highest BCUT2D eigenvalue weighted by Gasteiger charge is 2.36. The highest BCUT2D eigenvalue weighted by atomic mass is 35.5. The van der Waals surface area contributed by atoms with Crippen LogP contribution in [0.1, 0.15) is 31.2 Å². The van der Waals surface area contributed by atoms with Crippen LogP contribution in [-0.2, 0) is 9.54 Å². The minimum Gasteiger partial charge on any atom is -0.456 e. The lowest BCUT2D eigenvalue weighted by atomic mass is 9.88. The van der Waals surface area contributed by atoms with E-state index in [1.807, 2.05) is 42.5 Å². The topological polar surface area (TPSA) is 58.6 Å². The smallest absolute Gasteiger partial charge is 0.245 e. The molecule has 2 aromatic carbocycles. The van der Waals surface area contributed by atoms with Crippen LogP contribution in [0.3, 0.4) is 0 Å². The quantitative estimate of drug-likeness (QED) is 0.559. The van der Waals surface area contributed by atoms with E-state index < -0.39 is 0 Å². The molecule has 1 amide bonds. The summed E-state index contributed by atoms with van der Waals surface area (Å²) in [5.74, 6) is 1.96. The van der Waals surface area contributed by atoms with Gasteiger partial charge in [0.25, 0.3) is 0 Å². The van der Waals surface area contributed by atoms with Gasteiger partial charge in [0.1, 0.15) is 11.5 Å². The lowest BCUT2D eigenvalue weighted by molar-refractivity contribution is -0.129. The molecule has 3 rings (SSSR count). The molecule has 0 saturated carbocycles. The van der Waals surface area contributed by atoms with E-state index in [-0.39, 0.29) is 17.1 Å². The van der Waals surface area contributed by atoms with E-state index in [4.69, 9.17) is 21.5 Å². The number of rotatable bonds is 5. The maximum absolute atomic E-state index is 11.8. The number of hydroxylamine groups is 1. The first-order valence-electron chi connectivity index (χ1n) is 8.23. The van der Waals surface area contributed by atoms with Crippen LogP contribution >= 0.6 is 23.4 Å². The van der Waals surface area contributed by atoms with E-state index in [0.717, 1.165) is 30.6 Å². The number of para-hydroxylation sites is 1. The molecule has 0 aromatic heterocycles. The molecule has 1 saturated heterocycles. The normalized spacial score (nSPS) is 20.1. The zero-order valence-corrected chi connectivity index (χ0v) is 15.3. The Morgan fingerprint density at radius 2 is 1.96 bits per heavy atom. The standard InChI is InChI=1S/C19H20ClNO3S/c20-16-5-1-2-6-17(16)24-15-9-7-14(8-10-15)19(13-18(22)21-23)11-3-4-12-25-19/h1-2,5-10,23H,3-4,11-13H2,(H,21,22). The lowest BCUT2D eigenvalue weighted by Gasteiger charge is -2.36. The molecule has 25 heavy (non-hydrogen) atoms. The van der Waals surface area contributed by atoms with Crippen molar-refractivity contribution in [2.75, 3.05) is 5.75 Å². The summed E-state index contributed by atoms with van der Waals surface area (Å²) in [5.41, 5.74) is 2.84. The Morgan fingerprint density at radius 3 is 2.60 bits per heavy atom. The first-order chi connectivity index (χ1) is 12.1. The van der Waals surface area contributed by atoms with Gasteiger partial charge in [-0.1, -0.05) is 42.3 Å². The Hall–Kier alpha value is -1.69. The van der Waals surface area contributed by atoms with Gasteiger partial charge in [0.15, 0.2) is 0 Å². The van der Waals surface area contributed by atoms with Crippen LogP contribution in [0.4, 0.5) is 0 Å². The molecule has 1 heterocycles. The molecule has 4 nitrogen and oxygen atoms in total. The number of hydrogen-bond donors (Lipinski definition) is 2. The fourth-order valence-corrected chi connectivity index (χ4v) is 4.84. The Kier molecular flexibility index (Phi) is 5.89. The number of amides is 1. The number of carbonyl (C=O) groups excluding carboxylic acids is 1. The highest BCUT2D eigenvalue weighted by molar-refractivity contribution is 8.00. The zero-order valence-electron chi connectivity index (χ0n) is 13.7. The number of carbonyl (C=O) groups is 1. The molecule has 2 N–H and O–H groups in total. The van der Waals surface area contributed by atoms with Gasteiger partial charge < -0.3 is 4.74 Å². The molecule has 0 radical (unpaired) electrons. The third-order valence-corrected chi connectivity index (χ3v) is 6.31. The molecular weight excluding hydrogens is 358 g/mol. The second kappa shape index (κ2) is 8.13. The van der Waals surface area contributed by atoms with Crippen molar-refractivity contribution in [3.63, 3.8) is 0 Å². The van der Waals surface area contributed by atoms with Gasteiger partial charge in [0.05, 0.1) is 5.02 Å². The molecule has 1 fully saturated rings. The van der Waals surface area contributed by atoms with Gasteiger partial charge in [-0.15, -0.1) is 11.8 Å². The summed E-state index contributed by atoms with van der Waals surface area (Å²) in [6.07, 6.45) is 3.40. The molecule has 6 heteroatoms. The molecule has 1 aliphatic rings. The summed E-state index contributed by atoms with van der Waals surface area (Å²) in [4.78, 5) is 11.8. The number of hydrogen-bond acceptors (Lipinski definition) is 4. The fourth-order valence-electron chi connectivity index (χ4n) is 3.10. The summed E-state index contributed by atoms with van der Waals surface area (Å²) >= 11 is 7.91. The monoisotopic (exact) mass is 377 g/mol. The molecule has 2 aromatic rings. The van der Waals surface area contributed by atoms with Crippen molar-refractivity contribution in [1.82, 2.24) is 5.48 Å². The molecule has 1 unspecified atom stereocenters. The van der Waals surface area contributed by atoms with Crippen molar-refractivity contribution < 1.29 is 14.7 Å². The Labute approximate surface area is 156 Å². The number of nitrogens with one attached hydrogen (secondary N) is 1. The minimum absolute atomic E-state index is 0.263. The van der Waals surface area contributed by atoms with Crippen LogP contribution in [-0.4, -0.2) is 16.9 Å². The maximum atomic E-state index is 11.8. The molecule has 1 aliphatic heterocycles. The summed E-state index contributed by atoms with van der Waals surface area (Å²) in [6.45, 7) is 0. The third-order valence-electron chi connectivity index (χ3n) is 4.37. The molecule has 1 atom stereocenters. The molecule has 0 spiro atoms. The summed E-state index contributed by atoms with van der Waals surface area (Å²) in [7, 11) is 0. The fraction of sp³-hybridized carbons (Fsp3) is 0.316. The molecule has 0 bridgehead atoms. The van der Waals surface area contributed by atoms with Crippen molar-refractivity contribution >= 4 is 29.3 Å². The third kappa shape index (κ3) is 4.29. The van der Waals surface area contributed by atoms with Crippen LogP contribution in [0.25, 0.3) is 0 Å². The number of thioether (sulfide) groups is 1. The van der Waals surface area contributed by atoms with Crippen molar-refractivity contribution in [3.8, 4) is 11.5 Å². The van der Waals surface area contributed by atoms with Crippen molar-refractivity contribution in [1.29, 1.82) is 0 Å². The van der Waals surface area contributed by atoms with E-state index in [0.29, 0.717) is 16.5 Å². The lowest BCUT2D eigenvalue weighted by Crippen LogP contribution is -2.33. The molecular formula is C19H20ClNO3S. The van der Waals surface area contributed by atoms with Crippen molar-refractivity contribution in [2.24, 2.45) is 0 Å². The number of benzene rings is 2. The Bertz CT molecular complexity index is 730. The van der Waals surface area contributed by atoms with Crippen LogP contribution in [0.2, 0.25) is 5.02 Å². The second-order valence-corrected chi connectivity index (χ2v) is 7.95. The Morgan fingerprint density at radius 1 is 1.20 bits per heavy atom. The van der Waals surface area contributed by atoms with Gasteiger partial charge in [-0.2, -0.15) is 0 Å². The first-order valence-corrected chi connectivity index (χ1v) is 9.59. The largest absolute Gasteiger partial charge is 0.456 e. The predicted molar refractivity (Wildman–Crippen MR) is 101 cm³/mol. The van der Waals surface area contributed by atoms with Gasteiger partial charge in [0.2, 0.25) is 5.91 Å². The second-order valence-electron chi connectivity index (χ2n) is 6.07.